The van der Waals surface area contributed by atoms with Crippen molar-refractivity contribution >= 4 is 33.9 Å². The van der Waals surface area contributed by atoms with E-state index in [1.165, 1.54) is 21.2 Å². The first-order valence-electron chi connectivity index (χ1n) is 8.71. The quantitative estimate of drug-likeness (QED) is 0.392. The average molecular weight is 380 g/mol. The van der Waals surface area contributed by atoms with Crippen molar-refractivity contribution in [2.75, 3.05) is 0 Å². The van der Waals surface area contributed by atoms with Gasteiger partial charge in [-0.25, -0.2) is 0 Å². The zero-order valence-corrected chi connectivity index (χ0v) is 16.8. The molecule has 0 amide bonds. The molecule has 0 aliphatic carbocycles. The number of fused-ring (bicyclic) bond motifs is 1. The molecule has 4 aromatic rings. The van der Waals surface area contributed by atoms with Crippen molar-refractivity contribution in [3.63, 3.8) is 0 Å². The summed E-state index contributed by atoms with van der Waals surface area (Å²) in [5, 5.41) is 14.6. The first kappa shape index (κ1) is 17.3. The molecular weight excluding hydrogens is 358 g/mol. The zero-order chi connectivity index (χ0) is 18.1. The van der Waals surface area contributed by atoms with E-state index in [9.17, 15) is 0 Å². The van der Waals surface area contributed by atoms with Crippen molar-refractivity contribution < 1.29 is 0 Å². The number of hydrogen-bond donors (Lipinski definition) is 0. The van der Waals surface area contributed by atoms with Crippen LogP contribution in [0.3, 0.4) is 0 Å². The third-order valence-corrected chi connectivity index (χ3v) is 6.82. The first-order chi connectivity index (χ1) is 12.6. The highest BCUT2D eigenvalue weighted by molar-refractivity contribution is 7.98. The van der Waals surface area contributed by atoms with E-state index in [1.54, 1.807) is 23.1 Å². The van der Waals surface area contributed by atoms with Gasteiger partial charge in [0.1, 0.15) is 0 Å². The summed E-state index contributed by atoms with van der Waals surface area (Å²) in [6, 6.07) is 17.2. The van der Waals surface area contributed by atoms with Crippen LogP contribution in [0.5, 0.6) is 0 Å². The van der Waals surface area contributed by atoms with Crippen LogP contribution in [-0.4, -0.2) is 14.8 Å². The highest BCUT2D eigenvalue weighted by atomic mass is 32.2. The number of rotatable bonds is 5. The second kappa shape index (κ2) is 7.25. The topological polar surface area (TPSA) is 30.7 Å². The van der Waals surface area contributed by atoms with Crippen molar-refractivity contribution in [1.29, 1.82) is 0 Å². The fourth-order valence-corrected chi connectivity index (χ4v) is 4.84. The minimum Gasteiger partial charge on any atom is -0.305 e. The molecule has 5 heteroatoms. The summed E-state index contributed by atoms with van der Waals surface area (Å²) >= 11 is 3.53. The Hall–Kier alpha value is -2.11. The summed E-state index contributed by atoms with van der Waals surface area (Å²) < 4.78 is 2.10. The Bertz CT molecular complexity index is 1040. The Labute approximate surface area is 162 Å². The molecule has 2 heterocycles. The molecule has 2 aromatic heterocycles. The molecule has 0 bridgehead atoms. The van der Waals surface area contributed by atoms with Gasteiger partial charge in [0, 0.05) is 28.6 Å². The van der Waals surface area contributed by atoms with Crippen LogP contribution in [-0.2, 0) is 12.8 Å². The molecule has 0 aliphatic heterocycles. The predicted octanol–water partition coefficient (Wildman–Crippen LogP) is 6.11. The minimum atomic E-state index is 0.544. The normalized spacial score (nSPS) is 11.5. The van der Waals surface area contributed by atoms with E-state index < -0.39 is 0 Å². The van der Waals surface area contributed by atoms with Gasteiger partial charge in [-0.05, 0) is 28.3 Å². The summed E-state index contributed by atoms with van der Waals surface area (Å²) in [5.74, 6) is 2.37. The van der Waals surface area contributed by atoms with Crippen LogP contribution in [0.4, 0.5) is 0 Å². The van der Waals surface area contributed by atoms with E-state index in [-0.39, 0.29) is 0 Å². The lowest BCUT2D eigenvalue weighted by Gasteiger charge is -2.06. The maximum absolute atomic E-state index is 4.43. The molecule has 0 N–H and O–H groups in total. The third-order valence-electron chi connectivity index (χ3n) is 4.52. The molecule has 3 nitrogen and oxygen atoms in total. The molecule has 26 heavy (non-hydrogen) atoms. The highest BCUT2D eigenvalue weighted by Gasteiger charge is 2.14. The van der Waals surface area contributed by atoms with E-state index in [0.717, 1.165) is 22.3 Å². The van der Waals surface area contributed by atoms with Crippen LogP contribution in [0.1, 0.15) is 30.2 Å². The zero-order valence-electron chi connectivity index (χ0n) is 15.1. The monoisotopic (exact) mass is 379 g/mol. The van der Waals surface area contributed by atoms with Gasteiger partial charge in [-0.3, -0.25) is 0 Å². The summed E-state index contributed by atoms with van der Waals surface area (Å²) in [6.45, 7) is 4.44. The smallest absolute Gasteiger partial charge is 0.191 e. The van der Waals surface area contributed by atoms with Gasteiger partial charge in [-0.2, -0.15) is 0 Å². The van der Waals surface area contributed by atoms with Crippen molar-refractivity contribution in [1.82, 2.24) is 14.8 Å². The lowest BCUT2D eigenvalue weighted by Crippen LogP contribution is -1.94. The van der Waals surface area contributed by atoms with Crippen molar-refractivity contribution in [3.8, 4) is 11.4 Å². The van der Waals surface area contributed by atoms with Gasteiger partial charge in [0.15, 0.2) is 11.0 Å². The Morgan fingerprint density at radius 3 is 2.69 bits per heavy atom. The highest BCUT2D eigenvalue weighted by Crippen LogP contribution is 2.32. The van der Waals surface area contributed by atoms with Gasteiger partial charge in [0.2, 0.25) is 0 Å². The molecule has 0 radical (unpaired) electrons. The number of nitrogens with zero attached hydrogens (tertiary/aromatic N) is 3. The summed E-state index contributed by atoms with van der Waals surface area (Å²) in [6.07, 6.45) is 0. The van der Waals surface area contributed by atoms with Gasteiger partial charge in [0.05, 0.1) is 0 Å². The van der Waals surface area contributed by atoms with Crippen molar-refractivity contribution in [2.24, 2.45) is 7.05 Å². The van der Waals surface area contributed by atoms with Crippen LogP contribution in [0.25, 0.3) is 22.2 Å². The van der Waals surface area contributed by atoms with Crippen LogP contribution in [0.15, 0.2) is 59.1 Å². The average Bonchev–Trinajstić information content (AvgIpc) is 3.27. The Kier molecular flexibility index (Phi) is 4.83. The van der Waals surface area contributed by atoms with E-state index in [1.807, 2.05) is 7.05 Å². The number of aromatic nitrogens is 3. The van der Waals surface area contributed by atoms with Gasteiger partial charge in [0.25, 0.3) is 0 Å². The molecule has 0 atom stereocenters. The van der Waals surface area contributed by atoms with Crippen LogP contribution < -0.4 is 0 Å². The summed E-state index contributed by atoms with van der Waals surface area (Å²) in [7, 11) is 2.05. The molecule has 4 rings (SSSR count). The van der Waals surface area contributed by atoms with E-state index in [0.29, 0.717) is 5.92 Å². The fraction of sp³-hybridized carbons (Fsp3) is 0.238. The third kappa shape index (κ3) is 3.29. The van der Waals surface area contributed by atoms with Crippen LogP contribution >= 0.6 is 23.1 Å². The molecular formula is C21H21N3S2. The second-order valence-corrected chi connectivity index (χ2v) is 8.57. The number of thioether (sulfide) groups is 1. The molecule has 0 spiro atoms. The molecule has 0 fully saturated rings. The van der Waals surface area contributed by atoms with E-state index in [4.69, 9.17) is 0 Å². The van der Waals surface area contributed by atoms with Gasteiger partial charge < -0.3 is 4.57 Å². The predicted molar refractivity (Wildman–Crippen MR) is 112 cm³/mol. The molecule has 2 aromatic carbocycles. The number of hydrogen-bond acceptors (Lipinski definition) is 4. The lowest BCUT2D eigenvalue weighted by molar-refractivity contribution is 0.794. The number of thiophene rings is 1. The van der Waals surface area contributed by atoms with Crippen molar-refractivity contribution in [2.45, 2.75) is 30.7 Å². The Morgan fingerprint density at radius 2 is 1.88 bits per heavy atom. The maximum atomic E-state index is 4.43. The first-order valence-corrected chi connectivity index (χ1v) is 10.6. The van der Waals surface area contributed by atoms with Crippen LogP contribution in [0.2, 0.25) is 0 Å². The summed E-state index contributed by atoms with van der Waals surface area (Å²) in [4.78, 5) is 1.38. The molecule has 0 saturated heterocycles. The lowest BCUT2D eigenvalue weighted by atomic mass is 10.1. The minimum absolute atomic E-state index is 0.544. The van der Waals surface area contributed by atoms with E-state index in [2.05, 4.69) is 82.5 Å². The Morgan fingerprint density at radius 1 is 1.08 bits per heavy atom. The van der Waals surface area contributed by atoms with Gasteiger partial charge in [-0.15, -0.1) is 21.5 Å². The molecule has 132 valence electrons. The van der Waals surface area contributed by atoms with Crippen molar-refractivity contribution in [3.05, 3.63) is 64.4 Å². The second-order valence-electron chi connectivity index (χ2n) is 6.68. The molecule has 0 aliphatic rings. The molecule has 0 saturated carbocycles. The largest absolute Gasteiger partial charge is 0.305 e. The van der Waals surface area contributed by atoms with Gasteiger partial charge >= 0.3 is 0 Å². The maximum Gasteiger partial charge on any atom is 0.191 e. The standard InChI is InChI=1S/C21H21N3S2/c1-14(2)19-11-17(13-25-19)20-22-23-21(24(20)3)26-12-16-9-6-8-15-7-4-5-10-18(15)16/h4-11,13-14H,12H2,1-3H3. The fourth-order valence-electron chi connectivity index (χ4n) is 3.03. The molecule has 0 unspecified atom stereocenters. The van der Waals surface area contributed by atoms with Crippen LogP contribution in [0, 0.1) is 0 Å². The Balaban J connectivity index is 1.57. The SMILES string of the molecule is CC(C)c1cc(-c2nnc(SCc3cccc4ccccc34)n2C)cs1. The number of benzene rings is 2. The van der Waals surface area contributed by atoms with Gasteiger partial charge in [-0.1, -0.05) is 68.1 Å². The van der Waals surface area contributed by atoms with E-state index >= 15 is 0 Å². The summed E-state index contributed by atoms with van der Waals surface area (Å²) in [5.41, 5.74) is 2.49.